The van der Waals surface area contributed by atoms with Crippen LogP contribution in [0.15, 0.2) is 22.8 Å². The second-order valence-corrected chi connectivity index (χ2v) is 6.18. The van der Waals surface area contributed by atoms with Crippen molar-refractivity contribution in [3.05, 3.63) is 24.2 Å². The average molecular weight is 342 g/mol. The topological polar surface area (TPSA) is 88.6 Å². The third-order valence-corrected chi connectivity index (χ3v) is 4.57. The number of rotatable bonds is 5. The molecule has 2 atom stereocenters. The number of amides is 2. The number of likely N-dealkylation sites (tertiary alicyclic amines) is 1. The molecule has 2 fully saturated rings. The maximum absolute atomic E-state index is 12.6. The quantitative estimate of drug-likeness (QED) is 0.850. The Morgan fingerprint density at radius 2 is 2.13 bits per heavy atom. The van der Waals surface area contributed by atoms with Gasteiger partial charge in [0.15, 0.2) is 5.76 Å². The second kappa shape index (κ2) is 7.84. The lowest BCUT2D eigenvalue weighted by molar-refractivity contribution is -0.127. The van der Waals surface area contributed by atoms with E-state index >= 15 is 0 Å². The van der Waals surface area contributed by atoms with Crippen LogP contribution >= 0.6 is 12.4 Å². The van der Waals surface area contributed by atoms with E-state index in [0.717, 1.165) is 25.7 Å². The molecule has 1 aliphatic heterocycles. The van der Waals surface area contributed by atoms with E-state index in [4.69, 9.17) is 10.2 Å². The Hall–Kier alpha value is -1.53. The highest BCUT2D eigenvalue weighted by Gasteiger charge is 2.37. The molecule has 2 aliphatic rings. The van der Waals surface area contributed by atoms with Gasteiger partial charge in [0, 0.05) is 19.1 Å². The van der Waals surface area contributed by atoms with Crippen molar-refractivity contribution in [3.8, 4) is 0 Å². The Kier molecular flexibility index (Phi) is 6.07. The van der Waals surface area contributed by atoms with Gasteiger partial charge in [-0.05, 0) is 50.2 Å². The van der Waals surface area contributed by atoms with E-state index in [9.17, 15) is 9.59 Å². The summed E-state index contributed by atoms with van der Waals surface area (Å²) in [5.41, 5.74) is 5.75. The second-order valence-electron chi connectivity index (χ2n) is 6.18. The third-order valence-electron chi connectivity index (χ3n) is 4.57. The van der Waals surface area contributed by atoms with Gasteiger partial charge in [-0.15, -0.1) is 12.4 Å². The Balaban J connectivity index is 0.00000192. The van der Waals surface area contributed by atoms with Crippen LogP contribution < -0.4 is 11.1 Å². The van der Waals surface area contributed by atoms with E-state index in [-0.39, 0.29) is 36.0 Å². The SMILES string of the molecule is Cl.NCC(NC(=O)C1CCCCN1C(=O)c1ccco1)C1CC1. The number of nitrogens with two attached hydrogens (primary N) is 1. The Labute approximate surface area is 142 Å². The van der Waals surface area contributed by atoms with Gasteiger partial charge in [0.25, 0.3) is 5.91 Å². The van der Waals surface area contributed by atoms with Gasteiger partial charge in [0.05, 0.1) is 6.26 Å². The fourth-order valence-electron chi connectivity index (χ4n) is 3.14. The fraction of sp³-hybridized carbons (Fsp3) is 0.625. The van der Waals surface area contributed by atoms with Gasteiger partial charge in [-0.3, -0.25) is 9.59 Å². The molecular formula is C16H24ClN3O3. The first-order valence-corrected chi connectivity index (χ1v) is 8.05. The molecule has 0 aromatic carbocycles. The maximum atomic E-state index is 12.6. The van der Waals surface area contributed by atoms with E-state index in [2.05, 4.69) is 5.32 Å². The highest BCUT2D eigenvalue weighted by molar-refractivity contribution is 5.95. The predicted octanol–water partition coefficient (Wildman–Crippen LogP) is 1.55. The number of hydrogen-bond acceptors (Lipinski definition) is 4. The van der Waals surface area contributed by atoms with Gasteiger partial charge in [0.1, 0.15) is 6.04 Å². The highest BCUT2D eigenvalue weighted by Crippen LogP contribution is 2.32. The summed E-state index contributed by atoms with van der Waals surface area (Å²) in [7, 11) is 0. The van der Waals surface area contributed by atoms with Gasteiger partial charge in [-0.2, -0.15) is 0 Å². The molecule has 3 N–H and O–H groups in total. The summed E-state index contributed by atoms with van der Waals surface area (Å²) in [5.74, 6) is 0.506. The molecule has 23 heavy (non-hydrogen) atoms. The van der Waals surface area contributed by atoms with Gasteiger partial charge in [-0.1, -0.05) is 0 Å². The molecule has 0 radical (unpaired) electrons. The summed E-state index contributed by atoms with van der Waals surface area (Å²) in [6.07, 6.45) is 6.30. The van der Waals surface area contributed by atoms with E-state index in [1.165, 1.54) is 6.26 Å². The number of carbonyl (C=O) groups excluding carboxylic acids is 2. The lowest BCUT2D eigenvalue weighted by atomic mass is 10.00. The van der Waals surface area contributed by atoms with Crippen molar-refractivity contribution in [2.75, 3.05) is 13.1 Å². The Morgan fingerprint density at radius 3 is 2.74 bits per heavy atom. The number of furan rings is 1. The molecule has 0 bridgehead atoms. The molecule has 1 saturated carbocycles. The normalized spacial score (nSPS) is 22.1. The minimum atomic E-state index is -0.417. The third kappa shape index (κ3) is 4.06. The van der Waals surface area contributed by atoms with Crippen LogP contribution in [-0.4, -0.2) is 41.9 Å². The Morgan fingerprint density at radius 1 is 1.35 bits per heavy atom. The van der Waals surface area contributed by atoms with Crippen LogP contribution in [0.5, 0.6) is 0 Å². The fourth-order valence-corrected chi connectivity index (χ4v) is 3.14. The summed E-state index contributed by atoms with van der Waals surface area (Å²) >= 11 is 0. The van der Waals surface area contributed by atoms with Gasteiger partial charge in [0.2, 0.25) is 5.91 Å². The van der Waals surface area contributed by atoms with Crippen molar-refractivity contribution < 1.29 is 14.0 Å². The molecule has 2 unspecified atom stereocenters. The summed E-state index contributed by atoms with van der Waals surface area (Å²) in [6, 6.07) is 2.94. The summed E-state index contributed by atoms with van der Waals surface area (Å²) in [5, 5.41) is 3.04. The van der Waals surface area contributed by atoms with Crippen molar-refractivity contribution in [2.45, 2.75) is 44.2 Å². The number of hydrogen-bond donors (Lipinski definition) is 2. The van der Waals surface area contributed by atoms with Crippen molar-refractivity contribution in [3.63, 3.8) is 0 Å². The van der Waals surface area contributed by atoms with Crippen LogP contribution in [0.4, 0.5) is 0 Å². The smallest absolute Gasteiger partial charge is 0.290 e. The standard InChI is InChI=1S/C16H23N3O3.ClH/c17-10-12(11-6-7-11)18-15(20)13-4-1-2-8-19(13)16(21)14-5-3-9-22-14;/h3,5,9,11-13H,1-2,4,6-8,10,17H2,(H,18,20);1H. The molecule has 1 aromatic rings. The average Bonchev–Trinajstić information content (AvgIpc) is 3.25. The molecule has 3 rings (SSSR count). The van der Waals surface area contributed by atoms with E-state index in [0.29, 0.717) is 25.4 Å². The molecule has 6 nitrogen and oxygen atoms in total. The number of nitrogens with zero attached hydrogens (tertiary/aromatic N) is 1. The van der Waals surface area contributed by atoms with Gasteiger partial charge < -0.3 is 20.4 Å². The number of nitrogens with one attached hydrogen (secondary N) is 1. The summed E-state index contributed by atoms with van der Waals surface area (Å²) in [4.78, 5) is 26.7. The zero-order valence-electron chi connectivity index (χ0n) is 13.1. The maximum Gasteiger partial charge on any atom is 0.290 e. The van der Waals surface area contributed by atoms with Gasteiger partial charge in [-0.25, -0.2) is 0 Å². The number of halogens is 1. The zero-order valence-corrected chi connectivity index (χ0v) is 13.9. The largest absolute Gasteiger partial charge is 0.459 e. The van der Waals surface area contributed by atoms with E-state index in [1.807, 2.05) is 0 Å². The number of piperidine rings is 1. The molecule has 1 aliphatic carbocycles. The first kappa shape index (κ1) is 17.8. The van der Waals surface area contributed by atoms with Crippen molar-refractivity contribution in [2.24, 2.45) is 11.7 Å². The minimum Gasteiger partial charge on any atom is -0.459 e. The molecule has 2 amide bonds. The van der Waals surface area contributed by atoms with Crippen LogP contribution in [0.1, 0.15) is 42.7 Å². The van der Waals surface area contributed by atoms with Crippen LogP contribution in [0.2, 0.25) is 0 Å². The monoisotopic (exact) mass is 341 g/mol. The lowest BCUT2D eigenvalue weighted by Crippen LogP contribution is -2.55. The van der Waals surface area contributed by atoms with E-state index < -0.39 is 6.04 Å². The van der Waals surface area contributed by atoms with Crippen LogP contribution in [0, 0.1) is 5.92 Å². The summed E-state index contributed by atoms with van der Waals surface area (Å²) in [6.45, 7) is 1.05. The first-order chi connectivity index (χ1) is 10.7. The molecule has 7 heteroatoms. The van der Waals surface area contributed by atoms with Crippen molar-refractivity contribution >= 4 is 24.2 Å². The number of carbonyl (C=O) groups is 2. The Bertz CT molecular complexity index is 531. The molecule has 0 spiro atoms. The van der Waals surface area contributed by atoms with Crippen LogP contribution in [0.25, 0.3) is 0 Å². The predicted molar refractivity (Wildman–Crippen MR) is 88.3 cm³/mol. The molecule has 2 heterocycles. The molecule has 1 aromatic heterocycles. The first-order valence-electron chi connectivity index (χ1n) is 8.05. The molecule has 1 saturated heterocycles. The van der Waals surface area contributed by atoms with Crippen molar-refractivity contribution in [1.29, 1.82) is 0 Å². The van der Waals surface area contributed by atoms with Gasteiger partial charge >= 0.3 is 0 Å². The van der Waals surface area contributed by atoms with E-state index in [1.54, 1.807) is 17.0 Å². The highest BCUT2D eigenvalue weighted by atomic mass is 35.5. The lowest BCUT2D eigenvalue weighted by Gasteiger charge is -2.35. The molecular weight excluding hydrogens is 318 g/mol. The zero-order chi connectivity index (χ0) is 15.5. The minimum absolute atomic E-state index is 0. The van der Waals surface area contributed by atoms with Crippen LogP contribution in [-0.2, 0) is 4.79 Å². The van der Waals surface area contributed by atoms with Crippen LogP contribution in [0.3, 0.4) is 0 Å². The molecule has 128 valence electrons. The van der Waals surface area contributed by atoms with Crippen molar-refractivity contribution in [1.82, 2.24) is 10.2 Å². The summed E-state index contributed by atoms with van der Waals surface area (Å²) < 4.78 is 5.18.